The number of nitrogens with one attached hydrogen (secondary N) is 2. The molecule has 32 heavy (non-hydrogen) atoms. The van der Waals surface area contributed by atoms with E-state index in [2.05, 4.69) is 20.6 Å². The zero-order valence-electron chi connectivity index (χ0n) is 17.4. The van der Waals surface area contributed by atoms with E-state index in [0.717, 1.165) is 10.5 Å². The van der Waals surface area contributed by atoms with Crippen molar-refractivity contribution < 1.29 is 21.2 Å². The van der Waals surface area contributed by atoms with E-state index in [9.17, 15) is 21.2 Å². The number of halogens is 1. The van der Waals surface area contributed by atoms with Crippen molar-refractivity contribution in [2.24, 2.45) is 5.14 Å². The minimum Gasteiger partial charge on any atom is -0.338 e. The average molecular weight is 481 g/mol. The molecule has 0 aliphatic heterocycles. The first kappa shape index (κ1) is 23.5. The molecule has 0 spiro atoms. The zero-order chi connectivity index (χ0) is 23.7. The lowest BCUT2D eigenvalue weighted by atomic mass is 10.2. The highest BCUT2D eigenvalue weighted by atomic mass is 32.2. The monoisotopic (exact) mass is 480 g/mol. The van der Waals surface area contributed by atoms with Crippen molar-refractivity contribution in [3.63, 3.8) is 0 Å². The van der Waals surface area contributed by atoms with E-state index >= 15 is 0 Å². The Morgan fingerprint density at radius 3 is 2.34 bits per heavy atom. The smallest absolute Gasteiger partial charge is 0.242 e. The molecule has 4 N–H and O–H groups in total. The Bertz CT molecular complexity index is 1380. The van der Waals surface area contributed by atoms with Gasteiger partial charge in [0.2, 0.25) is 26.0 Å². The Labute approximate surface area is 185 Å². The summed E-state index contributed by atoms with van der Waals surface area (Å²) in [7, 11) is -4.79. The van der Waals surface area contributed by atoms with Gasteiger partial charge in [-0.25, -0.2) is 35.7 Å². The SMILES string of the molecule is Cc1ccc(Nc2ncc(F)c(Nc3cccc(S(=O)(=O)N(C)C)c3)n2)cc1S(N)(=O)=O. The van der Waals surface area contributed by atoms with Crippen molar-refractivity contribution in [2.45, 2.75) is 16.7 Å². The number of rotatable bonds is 7. The highest BCUT2D eigenvalue weighted by Gasteiger charge is 2.18. The zero-order valence-corrected chi connectivity index (χ0v) is 19.0. The third-order valence-electron chi connectivity index (χ3n) is 4.37. The van der Waals surface area contributed by atoms with Gasteiger partial charge in [-0.15, -0.1) is 0 Å². The first-order chi connectivity index (χ1) is 14.9. The molecule has 0 saturated heterocycles. The fraction of sp³-hybridized carbons (Fsp3) is 0.158. The molecule has 0 unspecified atom stereocenters. The second kappa shape index (κ2) is 8.78. The van der Waals surface area contributed by atoms with Gasteiger partial charge < -0.3 is 10.6 Å². The number of hydrogen-bond acceptors (Lipinski definition) is 8. The summed E-state index contributed by atoms with van der Waals surface area (Å²) in [6.07, 6.45) is 0.923. The summed E-state index contributed by atoms with van der Waals surface area (Å²) in [6.45, 7) is 1.60. The maximum absolute atomic E-state index is 14.3. The molecule has 0 atom stereocenters. The molecule has 0 aliphatic carbocycles. The van der Waals surface area contributed by atoms with Gasteiger partial charge in [-0.2, -0.15) is 4.98 Å². The van der Waals surface area contributed by atoms with Crippen LogP contribution < -0.4 is 15.8 Å². The van der Waals surface area contributed by atoms with Crippen LogP contribution in [0.2, 0.25) is 0 Å². The lowest BCUT2D eigenvalue weighted by molar-refractivity contribution is 0.521. The molecule has 1 heterocycles. The topological polar surface area (TPSA) is 147 Å². The Morgan fingerprint density at radius 1 is 1.00 bits per heavy atom. The van der Waals surface area contributed by atoms with Crippen molar-refractivity contribution in [3.05, 3.63) is 60.0 Å². The van der Waals surface area contributed by atoms with Gasteiger partial charge in [0, 0.05) is 25.5 Å². The Kier molecular flexibility index (Phi) is 6.46. The number of benzene rings is 2. The molecule has 3 aromatic rings. The van der Waals surface area contributed by atoms with E-state index in [1.165, 1.54) is 38.4 Å². The molecule has 2 aromatic carbocycles. The number of nitrogens with zero attached hydrogens (tertiary/aromatic N) is 3. The second-order valence-corrected chi connectivity index (χ2v) is 10.7. The van der Waals surface area contributed by atoms with E-state index in [4.69, 9.17) is 5.14 Å². The van der Waals surface area contributed by atoms with Crippen LogP contribution in [0.1, 0.15) is 5.56 Å². The molecule has 3 rings (SSSR count). The second-order valence-electron chi connectivity index (χ2n) is 6.98. The number of aryl methyl sites for hydroxylation is 1. The molecule has 0 amide bonds. The fourth-order valence-corrected chi connectivity index (χ4v) is 4.47. The summed E-state index contributed by atoms with van der Waals surface area (Å²) in [4.78, 5) is 7.86. The van der Waals surface area contributed by atoms with Gasteiger partial charge in [-0.05, 0) is 42.8 Å². The van der Waals surface area contributed by atoms with Gasteiger partial charge >= 0.3 is 0 Å². The molecule has 0 aliphatic rings. The molecule has 0 radical (unpaired) electrons. The van der Waals surface area contributed by atoms with Crippen LogP contribution in [-0.4, -0.2) is 45.2 Å². The van der Waals surface area contributed by atoms with Gasteiger partial charge in [0.15, 0.2) is 11.6 Å². The first-order valence-electron chi connectivity index (χ1n) is 9.10. The molecular formula is C19H21FN6O4S2. The average Bonchev–Trinajstić information content (AvgIpc) is 2.71. The van der Waals surface area contributed by atoms with Crippen LogP contribution in [0.4, 0.5) is 27.5 Å². The minimum atomic E-state index is -3.93. The lowest BCUT2D eigenvalue weighted by Crippen LogP contribution is -2.22. The van der Waals surface area contributed by atoms with Gasteiger partial charge in [0.25, 0.3) is 0 Å². The van der Waals surface area contributed by atoms with Crippen molar-refractivity contribution in [3.8, 4) is 0 Å². The molecule has 1 aromatic heterocycles. The summed E-state index contributed by atoms with van der Waals surface area (Å²) >= 11 is 0. The number of aromatic nitrogens is 2. The van der Waals surface area contributed by atoms with E-state index in [1.54, 1.807) is 25.1 Å². The summed E-state index contributed by atoms with van der Waals surface area (Å²) < 4.78 is 63.4. The fourth-order valence-electron chi connectivity index (χ4n) is 2.71. The first-order valence-corrected chi connectivity index (χ1v) is 12.1. The van der Waals surface area contributed by atoms with Gasteiger partial charge in [-0.1, -0.05) is 12.1 Å². The van der Waals surface area contributed by atoms with E-state index < -0.39 is 25.9 Å². The summed E-state index contributed by atoms with van der Waals surface area (Å²) in [6, 6.07) is 10.3. The van der Waals surface area contributed by atoms with Crippen molar-refractivity contribution in [1.29, 1.82) is 0 Å². The summed E-state index contributed by atoms with van der Waals surface area (Å²) in [5, 5.41) is 10.7. The van der Waals surface area contributed by atoms with E-state index in [0.29, 0.717) is 16.9 Å². The Hall–Kier alpha value is -3.13. The number of anilines is 4. The predicted molar refractivity (Wildman–Crippen MR) is 118 cm³/mol. The van der Waals surface area contributed by atoms with Gasteiger partial charge in [-0.3, -0.25) is 0 Å². The number of nitrogens with two attached hydrogens (primary N) is 1. The van der Waals surface area contributed by atoms with Crippen LogP contribution in [0, 0.1) is 12.7 Å². The van der Waals surface area contributed by atoms with Gasteiger partial charge in [0.05, 0.1) is 16.0 Å². The van der Waals surface area contributed by atoms with Crippen LogP contribution in [0.15, 0.2) is 58.5 Å². The predicted octanol–water partition coefficient (Wildman–Crippen LogP) is 2.31. The van der Waals surface area contributed by atoms with E-state index in [-0.39, 0.29) is 21.6 Å². The van der Waals surface area contributed by atoms with Crippen LogP contribution in [0.3, 0.4) is 0 Å². The Balaban J connectivity index is 1.90. The molecule has 10 nitrogen and oxygen atoms in total. The third-order valence-corrected chi connectivity index (χ3v) is 7.23. The van der Waals surface area contributed by atoms with Crippen LogP contribution >= 0.6 is 0 Å². The summed E-state index contributed by atoms with van der Waals surface area (Å²) in [5.74, 6) is -0.999. The van der Waals surface area contributed by atoms with Crippen molar-refractivity contribution in [1.82, 2.24) is 14.3 Å². The van der Waals surface area contributed by atoms with Crippen LogP contribution in [0.25, 0.3) is 0 Å². The van der Waals surface area contributed by atoms with Gasteiger partial charge in [0.1, 0.15) is 0 Å². The highest BCUT2D eigenvalue weighted by molar-refractivity contribution is 7.89. The van der Waals surface area contributed by atoms with Crippen LogP contribution in [-0.2, 0) is 20.0 Å². The molecule has 0 bridgehead atoms. The maximum Gasteiger partial charge on any atom is 0.242 e. The van der Waals surface area contributed by atoms with Crippen LogP contribution in [0.5, 0.6) is 0 Å². The summed E-state index contributed by atoms with van der Waals surface area (Å²) in [5.41, 5.74) is 1.09. The standard InChI is InChI=1S/C19H21FN6O4S2/c1-12-7-8-14(10-17(12)31(21,27)28)24-19-22-11-16(20)18(25-19)23-13-5-4-6-15(9-13)32(29,30)26(2)3/h4-11H,1-3H3,(H2,21,27,28)(H2,22,23,24,25). The number of hydrogen-bond donors (Lipinski definition) is 3. The molecule has 0 fully saturated rings. The lowest BCUT2D eigenvalue weighted by Gasteiger charge is -2.13. The third kappa shape index (κ3) is 5.19. The molecule has 13 heteroatoms. The normalized spacial score (nSPS) is 12.1. The van der Waals surface area contributed by atoms with Crippen molar-refractivity contribution in [2.75, 3.05) is 24.7 Å². The quantitative estimate of drug-likeness (QED) is 0.467. The van der Waals surface area contributed by atoms with Crippen molar-refractivity contribution >= 4 is 43.2 Å². The molecule has 0 saturated carbocycles. The number of sulfonamides is 2. The largest absolute Gasteiger partial charge is 0.338 e. The molecular weight excluding hydrogens is 459 g/mol. The maximum atomic E-state index is 14.3. The highest BCUT2D eigenvalue weighted by Crippen LogP contribution is 2.25. The van der Waals surface area contributed by atoms with E-state index in [1.807, 2.05) is 0 Å². The molecule has 170 valence electrons. The Morgan fingerprint density at radius 2 is 1.69 bits per heavy atom. The number of primary sulfonamides is 1. The minimum absolute atomic E-state index is 0.0183.